The fourth-order valence-corrected chi connectivity index (χ4v) is 5.76. The number of carbonyl (C=O) groups is 1. The van der Waals surface area contributed by atoms with Crippen LogP contribution in [0.5, 0.6) is 5.75 Å². The zero-order valence-electron chi connectivity index (χ0n) is 18.1. The standard InChI is InChI=1S/C23H27ClN4O2S2/c1-30-22-18(24)7-8-19-21(22)26-23(32-19)28-14-12-27(13-15-28)11-10-25-20(29)9-16-31-17-5-3-2-4-6-17/h2-8H,9-16H2,1H3,(H,25,29). The normalized spacial score (nSPS) is 14.6. The van der Waals surface area contributed by atoms with Gasteiger partial charge in [0.1, 0.15) is 5.52 Å². The number of benzene rings is 2. The van der Waals surface area contributed by atoms with Gasteiger partial charge in [-0.05, 0) is 24.3 Å². The number of fused-ring (bicyclic) bond motifs is 1. The zero-order chi connectivity index (χ0) is 22.3. The highest BCUT2D eigenvalue weighted by atomic mass is 35.5. The molecule has 0 unspecified atom stereocenters. The van der Waals surface area contributed by atoms with E-state index in [9.17, 15) is 4.79 Å². The molecule has 0 spiro atoms. The first-order valence-corrected chi connectivity index (χ1v) is 12.9. The van der Waals surface area contributed by atoms with Crippen molar-refractivity contribution in [2.75, 3.05) is 57.0 Å². The van der Waals surface area contributed by atoms with Crippen LogP contribution < -0.4 is 15.0 Å². The molecule has 32 heavy (non-hydrogen) atoms. The largest absolute Gasteiger partial charge is 0.493 e. The third-order valence-corrected chi connectivity index (χ3v) is 7.79. The van der Waals surface area contributed by atoms with Gasteiger partial charge in [0.15, 0.2) is 10.9 Å². The molecule has 0 aliphatic carbocycles. The van der Waals surface area contributed by atoms with Crippen molar-refractivity contribution in [3.63, 3.8) is 0 Å². The third-order valence-electron chi connectivity index (χ3n) is 5.39. The Morgan fingerprint density at radius 3 is 2.72 bits per heavy atom. The quantitative estimate of drug-likeness (QED) is 0.449. The number of anilines is 1. The number of nitrogens with one attached hydrogen (secondary N) is 1. The van der Waals surface area contributed by atoms with Crippen LogP contribution in [-0.2, 0) is 4.79 Å². The Morgan fingerprint density at radius 1 is 1.19 bits per heavy atom. The summed E-state index contributed by atoms with van der Waals surface area (Å²) in [5.74, 6) is 1.56. The molecule has 1 amide bonds. The Morgan fingerprint density at radius 2 is 1.97 bits per heavy atom. The van der Waals surface area contributed by atoms with Gasteiger partial charge in [-0.3, -0.25) is 9.69 Å². The van der Waals surface area contributed by atoms with Crippen LogP contribution in [0, 0.1) is 0 Å². The minimum atomic E-state index is 0.120. The molecular formula is C23H27ClN4O2S2. The van der Waals surface area contributed by atoms with Crippen LogP contribution >= 0.6 is 34.7 Å². The highest BCUT2D eigenvalue weighted by Crippen LogP contribution is 2.38. The SMILES string of the molecule is COc1c(Cl)ccc2sc(N3CCN(CCNC(=O)CCSc4ccccc4)CC3)nc12. The second-order valence-electron chi connectivity index (χ2n) is 7.51. The Hall–Kier alpha value is -2.00. The number of aromatic nitrogens is 1. The molecule has 3 aromatic rings. The number of rotatable bonds is 9. The lowest BCUT2D eigenvalue weighted by atomic mass is 10.3. The van der Waals surface area contributed by atoms with Gasteiger partial charge in [-0.25, -0.2) is 4.98 Å². The summed E-state index contributed by atoms with van der Waals surface area (Å²) in [6, 6.07) is 14.0. The lowest BCUT2D eigenvalue weighted by Crippen LogP contribution is -2.48. The number of carbonyl (C=O) groups excluding carboxylic acids is 1. The predicted octanol–water partition coefficient (Wildman–Crippen LogP) is 4.38. The fourth-order valence-electron chi connectivity index (χ4n) is 3.65. The average molecular weight is 491 g/mol. The maximum atomic E-state index is 12.1. The summed E-state index contributed by atoms with van der Waals surface area (Å²) >= 11 is 9.62. The third kappa shape index (κ3) is 5.86. The fraction of sp³-hybridized carbons (Fsp3) is 0.391. The number of piperazine rings is 1. The zero-order valence-corrected chi connectivity index (χ0v) is 20.4. The van der Waals surface area contributed by atoms with E-state index in [0.29, 0.717) is 23.7 Å². The average Bonchev–Trinajstić information content (AvgIpc) is 3.24. The van der Waals surface area contributed by atoms with Crippen molar-refractivity contribution in [2.24, 2.45) is 0 Å². The van der Waals surface area contributed by atoms with E-state index in [1.165, 1.54) is 4.90 Å². The number of hydrogen-bond acceptors (Lipinski definition) is 7. The summed E-state index contributed by atoms with van der Waals surface area (Å²) in [6.07, 6.45) is 0.540. The summed E-state index contributed by atoms with van der Waals surface area (Å²) in [4.78, 5) is 22.8. The maximum absolute atomic E-state index is 12.1. The van der Waals surface area contributed by atoms with E-state index in [1.807, 2.05) is 30.3 Å². The number of ether oxygens (including phenoxy) is 1. The lowest BCUT2D eigenvalue weighted by Gasteiger charge is -2.34. The molecule has 2 aromatic carbocycles. The Balaban J connectivity index is 1.17. The smallest absolute Gasteiger partial charge is 0.220 e. The second-order valence-corrected chi connectivity index (χ2v) is 10.1. The van der Waals surface area contributed by atoms with Crippen molar-refractivity contribution >= 4 is 56.0 Å². The molecule has 170 valence electrons. The number of hydrogen-bond donors (Lipinski definition) is 1. The van der Waals surface area contributed by atoms with Crippen molar-refractivity contribution in [1.82, 2.24) is 15.2 Å². The molecule has 0 atom stereocenters. The molecule has 2 heterocycles. The number of nitrogens with zero attached hydrogens (tertiary/aromatic N) is 3. The molecule has 0 bridgehead atoms. The topological polar surface area (TPSA) is 57.7 Å². The Bertz CT molecular complexity index is 1040. The van der Waals surface area contributed by atoms with Gasteiger partial charge in [-0.1, -0.05) is 41.1 Å². The molecule has 1 aromatic heterocycles. The Kier molecular flexibility index (Phi) is 8.13. The monoisotopic (exact) mass is 490 g/mol. The van der Waals surface area contributed by atoms with Crippen molar-refractivity contribution in [1.29, 1.82) is 0 Å². The van der Waals surface area contributed by atoms with Crippen molar-refractivity contribution in [3.05, 3.63) is 47.5 Å². The van der Waals surface area contributed by atoms with Crippen LogP contribution in [0.3, 0.4) is 0 Å². The van der Waals surface area contributed by atoms with E-state index in [-0.39, 0.29) is 5.91 Å². The van der Waals surface area contributed by atoms with Gasteiger partial charge < -0.3 is 15.0 Å². The van der Waals surface area contributed by atoms with Crippen LogP contribution in [-0.4, -0.2) is 67.9 Å². The first-order valence-electron chi connectivity index (χ1n) is 10.7. The highest BCUT2D eigenvalue weighted by Gasteiger charge is 2.21. The molecule has 0 radical (unpaired) electrons. The first-order chi connectivity index (χ1) is 15.6. The van der Waals surface area contributed by atoms with E-state index in [4.69, 9.17) is 21.3 Å². The van der Waals surface area contributed by atoms with Gasteiger partial charge in [0, 0.05) is 56.3 Å². The van der Waals surface area contributed by atoms with Crippen LogP contribution in [0.4, 0.5) is 5.13 Å². The molecule has 1 saturated heterocycles. The van der Waals surface area contributed by atoms with Crippen LogP contribution in [0.25, 0.3) is 10.2 Å². The van der Waals surface area contributed by atoms with E-state index >= 15 is 0 Å². The van der Waals surface area contributed by atoms with Gasteiger partial charge in [0.2, 0.25) is 5.91 Å². The highest BCUT2D eigenvalue weighted by molar-refractivity contribution is 7.99. The summed E-state index contributed by atoms with van der Waals surface area (Å²) in [5, 5.41) is 4.64. The predicted molar refractivity (Wildman–Crippen MR) is 135 cm³/mol. The molecule has 0 saturated carbocycles. The molecule has 6 nitrogen and oxygen atoms in total. The van der Waals surface area contributed by atoms with Crippen molar-refractivity contribution in [2.45, 2.75) is 11.3 Å². The van der Waals surface area contributed by atoms with E-state index < -0.39 is 0 Å². The van der Waals surface area contributed by atoms with E-state index in [2.05, 4.69) is 27.2 Å². The second kappa shape index (κ2) is 11.2. The van der Waals surface area contributed by atoms with E-state index in [1.54, 1.807) is 30.2 Å². The maximum Gasteiger partial charge on any atom is 0.220 e. The van der Waals surface area contributed by atoms with Crippen molar-refractivity contribution < 1.29 is 9.53 Å². The molecule has 1 fully saturated rings. The number of halogens is 1. The number of thioether (sulfide) groups is 1. The molecule has 1 aliphatic rings. The molecule has 9 heteroatoms. The molecule has 1 N–H and O–H groups in total. The molecule has 1 aliphatic heterocycles. The van der Waals surface area contributed by atoms with Gasteiger partial charge in [-0.2, -0.15) is 0 Å². The first kappa shape index (κ1) is 23.2. The minimum absolute atomic E-state index is 0.120. The lowest BCUT2D eigenvalue weighted by molar-refractivity contribution is -0.120. The number of methoxy groups -OCH3 is 1. The summed E-state index contributed by atoms with van der Waals surface area (Å²) in [6.45, 7) is 5.29. The van der Waals surface area contributed by atoms with Crippen LogP contribution in [0.15, 0.2) is 47.4 Å². The minimum Gasteiger partial charge on any atom is -0.493 e. The van der Waals surface area contributed by atoms with Gasteiger partial charge in [-0.15, -0.1) is 11.8 Å². The molecular weight excluding hydrogens is 464 g/mol. The molecule has 4 rings (SSSR count). The van der Waals surface area contributed by atoms with Crippen LogP contribution in [0.2, 0.25) is 5.02 Å². The summed E-state index contributed by atoms with van der Waals surface area (Å²) in [7, 11) is 1.62. The van der Waals surface area contributed by atoms with Crippen LogP contribution in [0.1, 0.15) is 6.42 Å². The number of thiazole rings is 1. The summed E-state index contributed by atoms with van der Waals surface area (Å²) in [5.41, 5.74) is 0.829. The van der Waals surface area contributed by atoms with Gasteiger partial charge in [0.25, 0.3) is 0 Å². The van der Waals surface area contributed by atoms with E-state index in [0.717, 1.165) is 53.8 Å². The van der Waals surface area contributed by atoms with Gasteiger partial charge in [0.05, 0.1) is 16.8 Å². The Labute approximate surface area is 201 Å². The summed E-state index contributed by atoms with van der Waals surface area (Å²) < 4.78 is 6.52. The van der Waals surface area contributed by atoms with Crippen molar-refractivity contribution in [3.8, 4) is 5.75 Å². The number of amides is 1. The van der Waals surface area contributed by atoms with Gasteiger partial charge >= 0.3 is 0 Å².